The number of carbonyl (C=O) groups excluding carboxylic acids is 2. The van der Waals surface area contributed by atoms with Crippen LogP contribution >= 0.6 is 0 Å². The zero-order valence-corrected chi connectivity index (χ0v) is 14.1. The molecule has 1 fully saturated rings. The molecule has 1 heterocycles. The second kappa shape index (κ2) is 6.20. The molecule has 0 aromatic heterocycles. The van der Waals surface area contributed by atoms with Crippen LogP contribution in [-0.2, 0) is 24.1 Å². The standard InChI is InChI=1S/C20H18F2N2O2/c21-16-7-3-6-14(17(16)22)9-11-24-18(25)20(23-19(24)26)10-8-13-4-1-2-5-15(13)12-20/h1-7H,8-12H2,(H,23,26)/t20-/m1/s1. The summed E-state index contributed by atoms with van der Waals surface area (Å²) in [5.74, 6) is -2.14. The van der Waals surface area contributed by atoms with Gasteiger partial charge in [0, 0.05) is 13.0 Å². The minimum atomic E-state index is -0.931. The number of fused-ring (bicyclic) bond motifs is 1. The summed E-state index contributed by atoms with van der Waals surface area (Å²) in [7, 11) is 0. The van der Waals surface area contributed by atoms with Crippen LogP contribution in [0.15, 0.2) is 42.5 Å². The van der Waals surface area contributed by atoms with Crippen LogP contribution in [0.3, 0.4) is 0 Å². The number of halogens is 2. The summed E-state index contributed by atoms with van der Waals surface area (Å²) in [4.78, 5) is 26.4. The Kier molecular flexibility index (Phi) is 3.98. The quantitative estimate of drug-likeness (QED) is 0.860. The van der Waals surface area contributed by atoms with E-state index in [1.165, 1.54) is 17.7 Å². The van der Waals surface area contributed by atoms with Gasteiger partial charge in [0.05, 0.1) is 0 Å². The van der Waals surface area contributed by atoms with E-state index in [0.29, 0.717) is 19.3 Å². The monoisotopic (exact) mass is 356 g/mol. The van der Waals surface area contributed by atoms with Gasteiger partial charge >= 0.3 is 6.03 Å². The van der Waals surface area contributed by atoms with Gasteiger partial charge in [-0.3, -0.25) is 9.69 Å². The Bertz CT molecular complexity index is 899. The molecule has 4 nitrogen and oxygen atoms in total. The van der Waals surface area contributed by atoms with E-state index >= 15 is 0 Å². The highest BCUT2D eigenvalue weighted by molar-refractivity contribution is 6.07. The molecule has 3 amide bonds. The molecule has 1 spiro atoms. The molecule has 6 heteroatoms. The smallest absolute Gasteiger partial charge is 0.323 e. The van der Waals surface area contributed by atoms with E-state index in [1.807, 2.05) is 24.3 Å². The van der Waals surface area contributed by atoms with Crippen molar-refractivity contribution in [1.29, 1.82) is 0 Å². The lowest BCUT2D eigenvalue weighted by Gasteiger charge is -2.32. The summed E-state index contributed by atoms with van der Waals surface area (Å²) in [6.45, 7) is 0.0223. The minimum absolute atomic E-state index is 0.0223. The molecule has 134 valence electrons. The Hall–Kier alpha value is -2.76. The van der Waals surface area contributed by atoms with Crippen molar-refractivity contribution in [3.8, 4) is 0 Å². The van der Waals surface area contributed by atoms with Gasteiger partial charge in [-0.05, 0) is 42.0 Å². The van der Waals surface area contributed by atoms with Crippen LogP contribution in [0.1, 0.15) is 23.1 Å². The van der Waals surface area contributed by atoms with E-state index in [-0.39, 0.29) is 24.4 Å². The van der Waals surface area contributed by atoms with Crippen LogP contribution in [0.4, 0.5) is 13.6 Å². The first-order valence-electron chi connectivity index (χ1n) is 8.64. The lowest BCUT2D eigenvalue weighted by molar-refractivity contribution is -0.131. The van der Waals surface area contributed by atoms with E-state index in [4.69, 9.17) is 0 Å². The van der Waals surface area contributed by atoms with Crippen molar-refractivity contribution in [3.63, 3.8) is 0 Å². The molecule has 0 bridgehead atoms. The lowest BCUT2D eigenvalue weighted by atomic mass is 9.78. The highest BCUT2D eigenvalue weighted by atomic mass is 19.2. The number of nitrogens with zero attached hydrogens (tertiary/aromatic N) is 1. The van der Waals surface area contributed by atoms with Gasteiger partial charge in [-0.15, -0.1) is 0 Å². The van der Waals surface area contributed by atoms with E-state index < -0.39 is 23.2 Å². The maximum absolute atomic E-state index is 13.8. The lowest BCUT2D eigenvalue weighted by Crippen LogP contribution is -2.51. The van der Waals surface area contributed by atoms with E-state index in [2.05, 4.69) is 5.32 Å². The Balaban J connectivity index is 1.52. The zero-order valence-electron chi connectivity index (χ0n) is 14.1. The highest BCUT2D eigenvalue weighted by Gasteiger charge is 2.52. The summed E-state index contributed by atoms with van der Waals surface area (Å²) in [6.07, 6.45) is 1.79. The molecule has 2 aliphatic rings. The van der Waals surface area contributed by atoms with Crippen molar-refractivity contribution < 1.29 is 18.4 Å². The first-order chi connectivity index (χ1) is 12.5. The highest BCUT2D eigenvalue weighted by Crippen LogP contribution is 2.33. The second-order valence-corrected chi connectivity index (χ2v) is 6.88. The molecule has 0 radical (unpaired) electrons. The van der Waals surface area contributed by atoms with E-state index in [9.17, 15) is 18.4 Å². The van der Waals surface area contributed by atoms with Crippen LogP contribution in [0.2, 0.25) is 0 Å². The van der Waals surface area contributed by atoms with Gasteiger partial charge in [0.15, 0.2) is 11.6 Å². The Morgan fingerprint density at radius 2 is 1.81 bits per heavy atom. The fraction of sp³-hybridized carbons (Fsp3) is 0.300. The van der Waals surface area contributed by atoms with Gasteiger partial charge in [0.1, 0.15) is 5.54 Å². The van der Waals surface area contributed by atoms with Crippen molar-refractivity contribution >= 4 is 11.9 Å². The fourth-order valence-electron chi connectivity index (χ4n) is 3.88. The number of carbonyl (C=O) groups is 2. The summed E-state index contributed by atoms with van der Waals surface area (Å²) >= 11 is 0. The van der Waals surface area contributed by atoms with Crippen LogP contribution in [-0.4, -0.2) is 28.9 Å². The largest absolute Gasteiger partial charge is 0.325 e. The topological polar surface area (TPSA) is 49.4 Å². The Morgan fingerprint density at radius 1 is 1.04 bits per heavy atom. The van der Waals surface area contributed by atoms with Gasteiger partial charge in [0.25, 0.3) is 5.91 Å². The third kappa shape index (κ3) is 2.66. The molecule has 1 atom stereocenters. The Labute approximate surface area is 149 Å². The summed E-state index contributed by atoms with van der Waals surface area (Å²) in [5, 5.41) is 2.84. The van der Waals surface area contributed by atoms with Crippen LogP contribution in [0.25, 0.3) is 0 Å². The zero-order chi connectivity index (χ0) is 18.3. The number of imide groups is 1. The normalized spacial score (nSPS) is 21.8. The first-order valence-corrected chi connectivity index (χ1v) is 8.64. The van der Waals surface area contributed by atoms with E-state index in [1.54, 1.807) is 0 Å². The van der Waals surface area contributed by atoms with Crippen LogP contribution in [0, 0.1) is 11.6 Å². The van der Waals surface area contributed by atoms with Gasteiger partial charge in [-0.25, -0.2) is 13.6 Å². The maximum Gasteiger partial charge on any atom is 0.325 e. The molecule has 2 aromatic rings. The molecule has 1 N–H and O–H groups in total. The molecule has 1 aliphatic carbocycles. The van der Waals surface area contributed by atoms with Crippen molar-refractivity contribution in [1.82, 2.24) is 10.2 Å². The number of nitrogens with one attached hydrogen (secondary N) is 1. The average Bonchev–Trinajstić information content (AvgIpc) is 2.86. The summed E-state index contributed by atoms with van der Waals surface area (Å²) < 4.78 is 27.1. The third-order valence-electron chi connectivity index (χ3n) is 5.31. The molecule has 0 unspecified atom stereocenters. The number of hydrogen-bond acceptors (Lipinski definition) is 2. The number of urea groups is 1. The van der Waals surface area contributed by atoms with Crippen LogP contribution < -0.4 is 5.32 Å². The van der Waals surface area contributed by atoms with Gasteiger partial charge in [-0.1, -0.05) is 36.4 Å². The fourth-order valence-corrected chi connectivity index (χ4v) is 3.88. The minimum Gasteiger partial charge on any atom is -0.323 e. The number of rotatable bonds is 3. The van der Waals surface area contributed by atoms with Gasteiger partial charge in [0.2, 0.25) is 0 Å². The predicted molar refractivity (Wildman–Crippen MR) is 91.5 cm³/mol. The average molecular weight is 356 g/mol. The number of amides is 3. The molecular weight excluding hydrogens is 338 g/mol. The van der Waals surface area contributed by atoms with E-state index in [0.717, 1.165) is 16.5 Å². The number of hydrogen-bond donors (Lipinski definition) is 1. The molecule has 1 aliphatic heterocycles. The molecule has 2 aromatic carbocycles. The first kappa shape index (κ1) is 16.7. The molecule has 0 saturated carbocycles. The second-order valence-electron chi connectivity index (χ2n) is 6.88. The van der Waals surface area contributed by atoms with Crippen molar-refractivity contribution in [2.75, 3.05) is 6.54 Å². The third-order valence-corrected chi connectivity index (χ3v) is 5.31. The number of benzene rings is 2. The molecule has 4 rings (SSSR count). The van der Waals surface area contributed by atoms with Crippen LogP contribution in [0.5, 0.6) is 0 Å². The van der Waals surface area contributed by atoms with Crippen molar-refractivity contribution in [2.24, 2.45) is 0 Å². The maximum atomic E-state index is 13.8. The predicted octanol–water partition coefficient (Wildman–Crippen LogP) is 2.99. The van der Waals surface area contributed by atoms with Gasteiger partial charge in [-0.2, -0.15) is 0 Å². The SMILES string of the molecule is O=C1N[C@@]2(CCc3ccccc3C2)C(=O)N1CCc1cccc(F)c1F. The Morgan fingerprint density at radius 3 is 2.62 bits per heavy atom. The summed E-state index contributed by atoms with van der Waals surface area (Å²) in [5.41, 5.74) is 1.48. The molecule has 26 heavy (non-hydrogen) atoms. The summed E-state index contributed by atoms with van der Waals surface area (Å²) in [6, 6.07) is 11.3. The van der Waals surface area contributed by atoms with Gasteiger partial charge < -0.3 is 5.32 Å². The van der Waals surface area contributed by atoms with Crippen molar-refractivity contribution in [2.45, 2.75) is 31.2 Å². The van der Waals surface area contributed by atoms with Crippen molar-refractivity contribution in [3.05, 3.63) is 70.8 Å². The molecule has 1 saturated heterocycles. The molecular formula is C20H18F2N2O2. The number of aryl methyl sites for hydroxylation is 1.